The molecule has 2 bridgehead atoms. The predicted octanol–water partition coefficient (Wildman–Crippen LogP) is 2.44. The Balaban J connectivity index is 1.45. The van der Waals surface area contributed by atoms with Gasteiger partial charge in [0.25, 0.3) is 0 Å². The zero-order chi connectivity index (χ0) is 16.9. The average Bonchev–Trinajstić information content (AvgIpc) is 3.34. The number of ether oxygens (including phenoxy) is 2. The predicted molar refractivity (Wildman–Crippen MR) is 97.4 cm³/mol. The lowest BCUT2D eigenvalue weighted by Gasteiger charge is -2.28. The van der Waals surface area contributed by atoms with Crippen molar-refractivity contribution in [2.45, 2.75) is 43.2 Å². The summed E-state index contributed by atoms with van der Waals surface area (Å²) in [4.78, 5) is 15.9. The first-order valence-corrected chi connectivity index (χ1v) is 9.80. The minimum absolute atomic E-state index is 0.0752. The molecule has 0 unspecified atom stereocenters. The molecule has 2 aliphatic carbocycles. The van der Waals surface area contributed by atoms with Crippen LogP contribution in [0.25, 0.3) is 10.3 Å². The van der Waals surface area contributed by atoms with E-state index >= 15 is 0 Å². The van der Waals surface area contributed by atoms with Crippen molar-refractivity contribution >= 4 is 32.6 Å². The van der Waals surface area contributed by atoms with Crippen LogP contribution in [0.3, 0.4) is 0 Å². The second kappa shape index (κ2) is 5.75. The molecule has 5 rings (SSSR count). The van der Waals surface area contributed by atoms with Crippen molar-refractivity contribution in [2.24, 2.45) is 0 Å². The van der Waals surface area contributed by atoms with Crippen LogP contribution >= 0.6 is 11.3 Å². The maximum absolute atomic E-state index is 5.82. The fourth-order valence-corrected chi connectivity index (χ4v) is 5.59. The molecule has 0 atom stereocenters. The summed E-state index contributed by atoms with van der Waals surface area (Å²) in [5.41, 5.74) is 0.973. The Morgan fingerprint density at radius 2 is 2.00 bits per heavy atom. The van der Waals surface area contributed by atoms with E-state index in [1.807, 2.05) is 7.11 Å². The van der Waals surface area contributed by atoms with Gasteiger partial charge in [-0.05, 0) is 32.1 Å². The third-order valence-corrected chi connectivity index (χ3v) is 7.17. The molecule has 1 aliphatic heterocycles. The van der Waals surface area contributed by atoms with E-state index in [0.717, 1.165) is 79.7 Å². The van der Waals surface area contributed by atoms with Crippen molar-refractivity contribution in [1.82, 2.24) is 15.0 Å². The number of hydrogen-bond donors (Lipinski definition) is 1. The SMILES string of the molecule is COC12CCC(Nc3ncnc4nc(N5CCOCC5)sc34)(CC1)C2. The molecule has 3 heterocycles. The molecule has 8 heteroatoms. The molecule has 0 amide bonds. The number of methoxy groups -OCH3 is 1. The Labute approximate surface area is 150 Å². The first kappa shape index (κ1) is 15.7. The standard InChI is InChI=1S/C17H23N5O2S/c1-23-17-4-2-16(10-17,3-5-17)21-14-12-13(18-11-19-14)20-15(25-12)22-6-8-24-9-7-22/h11H,2-10H2,1H3,(H,18,19,21). The first-order valence-electron chi connectivity index (χ1n) is 8.99. The van der Waals surface area contributed by atoms with Crippen LogP contribution in [-0.2, 0) is 9.47 Å². The number of fused-ring (bicyclic) bond motifs is 3. The van der Waals surface area contributed by atoms with E-state index in [0.29, 0.717) is 0 Å². The number of hydrogen-bond acceptors (Lipinski definition) is 8. The Hall–Kier alpha value is -1.51. The van der Waals surface area contributed by atoms with Crippen LogP contribution in [0.15, 0.2) is 6.33 Å². The van der Waals surface area contributed by atoms with Gasteiger partial charge in [-0.15, -0.1) is 0 Å². The highest BCUT2D eigenvalue weighted by Gasteiger charge is 2.55. The number of rotatable bonds is 4. The van der Waals surface area contributed by atoms with E-state index in [1.165, 1.54) is 0 Å². The molecule has 1 N–H and O–H groups in total. The molecule has 2 saturated carbocycles. The molecule has 1 saturated heterocycles. The van der Waals surface area contributed by atoms with Gasteiger partial charge in [-0.2, -0.15) is 4.98 Å². The van der Waals surface area contributed by atoms with Gasteiger partial charge >= 0.3 is 0 Å². The van der Waals surface area contributed by atoms with E-state index in [4.69, 9.17) is 14.5 Å². The van der Waals surface area contributed by atoms with Gasteiger partial charge in [0.1, 0.15) is 16.8 Å². The Bertz CT molecular complexity index is 780. The highest BCUT2D eigenvalue weighted by atomic mass is 32.1. The lowest BCUT2D eigenvalue weighted by atomic mass is 9.92. The monoisotopic (exact) mass is 361 g/mol. The third kappa shape index (κ3) is 2.58. The molecular weight excluding hydrogens is 338 g/mol. The molecule has 0 aromatic carbocycles. The highest BCUT2D eigenvalue weighted by Crippen LogP contribution is 2.54. The van der Waals surface area contributed by atoms with Crippen molar-refractivity contribution in [3.63, 3.8) is 0 Å². The maximum Gasteiger partial charge on any atom is 0.188 e. The Morgan fingerprint density at radius 1 is 1.20 bits per heavy atom. The number of morpholine rings is 1. The summed E-state index contributed by atoms with van der Waals surface area (Å²) in [5.74, 6) is 0.927. The number of anilines is 2. The number of thiazole rings is 1. The smallest absolute Gasteiger partial charge is 0.188 e. The summed E-state index contributed by atoms with van der Waals surface area (Å²) in [5, 5.41) is 4.78. The zero-order valence-corrected chi connectivity index (χ0v) is 15.3. The van der Waals surface area contributed by atoms with Crippen LogP contribution in [0.2, 0.25) is 0 Å². The van der Waals surface area contributed by atoms with Crippen LogP contribution in [0.1, 0.15) is 32.1 Å². The number of aromatic nitrogens is 3. The average molecular weight is 361 g/mol. The van der Waals surface area contributed by atoms with Crippen molar-refractivity contribution in [1.29, 1.82) is 0 Å². The van der Waals surface area contributed by atoms with Gasteiger partial charge in [0.2, 0.25) is 0 Å². The number of nitrogens with zero attached hydrogens (tertiary/aromatic N) is 4. The van der Waals surface area contributed by atoms with Gasteiger partial charge in [0.05, 0.1) is 18.8 Å². The first-order chi connectivity index (χ1) is 12.2. The highest BCUT2D eigenvalue weighted by molar-refractivity contribution is 7.22. The second-order valence-corrected chi connectivity index (χ2v) is 8.42. The van der Waals surface area contributed by atoms with Crippen LogP contribution in [0, 0.1) is 0 Å². The fourth-order valence-electron chi connectivity index (χ4n) is 4.57. The summed E-state index contributed by atoms with van der Waals surface area (Å²) in [6.45, 7) is 3.29. The van der Waals surface area contributed by atoms with Gasteiger partial charge in [0.15, 0.2) is 10.8 Å². The molecule has 2 aromatic rings. The minimum atomic E-state index is 0.0752. The van der Waals surface area contributed by atoms with E-state index in [9.17, 15) is 0 Å². The maximum atomic E-state index is 5.82. The second-order valence-electron chi connectivity index (χ2n) is 7.44. The summed E-state index contributed by atoms with van der Waals surface area (Å²) in [6, 6.07) is 0. The molecule has 7 nitrogen and oxygen atoms in total. The molecule has 0 radical (unpaired) electrons. The largest absolute Gasteiger partial charge is 0.378 e. The molecule has 0 spiro atoms. The fraction of sp³-hybridized carbons (Fsp3) is 0.706. The Morgan fingerprint density at radius 3 is 2.72 bits per heavy atom. The lowest BCUT2D eigenvalue weighted by molar-refractivity contribution is -0.000291. The van der Waals surface area contributed by atoms with E-state index in [1.54, 1.807) is 17.7 Å². The molecule has 2 aromatic heterocycles. The van der Waals surface area contributed by atoms with Crippen LogP contribution in [0.4, 0.5) is 10.9 Å². The van der Waals surface area contributed by atoms with Gasteiger partial charge < -0.3 is 19.7 Å². The summed E-state index contributed by atoms with van der Waals surface area (Å²) in [7, 11) is 1.85. The molecule has 3 fully saturated rings. The van der Waals surface area contributed by atoms with E-state index < -0.39 is 0 Å². The van der Waals surface area contributed by atoms with Crippen molar-refractivity contribution in [3.05, 3.63) is 6.33 Å². The quantitative estimate of drug-likeness (QED) is 0.896. The lowest BCUT2D eigenvalue weighted by Crippen LogP contribution is -2.36. The van der Waals surface area contributed by atoms with E-state index in [-0.39, 0.29) is 11.1 Å². The van der Waals surface area contributed by atoms with Crippen LogP contribution in [0.5, 0.6) is 0 Å². The normalized spacial score (nSPS) is 31.8. The van der Waals surface area contributed by atoms with Gasteiger partial charge in [0, 0.05) is 25.7 Å². The van der Waals surface area contributed by atoms with E-state index in [2.05, 4.69) is 20.2 Å². The summed E-state index contributed by atoms with van der Waals surface area (Å²) >= 11 is 1.68. The van der Waals surface area contributed by atoms with Gasteiger partial charge in [-0.3, -0.25) is 0 Å². The summed E-state index contributed by atoms with van der Waals surface area (Å²) in [6.07, 6.45) is 7.23. The molecule has 134 valence electrons. The van der Waals surface area contributed by atoms with Gasteiger partial charge in [-0.25, -0.2) is 9.97 Å². The third-order valence-electron chi connectivity index (χ3n) is 6.06. The van der Waals surface area contributed by atoms with Gasteiger partial charge in [-0.1, -0.05) is 11.3 Å². The van der Waals surface area contributed by atoms with Crippen molar-refractivity contribution in [2.75, 3.05) is 43.6 Å². The molecular formula is C17H23N5O2S. The molecule has 25 heavy (non-hydrogen) atoms. The van der Waals surface area contributed by atoms with Crippen LogP contribution in [-0.4, -0.2) is 59.5 Å². The Kier molecular flexibility index (Phi) is 3.62. The molecule has 3 aliphatic rings. The minimum Gasteiger partial charge on any atom is -0.378 e. The van der Waals surface area contributed by atoms with Crippen molar-refractivity contribution < 1.29 is 9.47 Å². The number of nitrogens with one attached hydrogen (secondary N) is 1. The van der Waals surface area contributed by atoms with Crippen LogP contribution < -0.4 is 10.2 Å². The zero-order valence-electron chi connectivity index (χ0n) is 14.5. The van der Waals surface area contributed by atoms with Crippen molar-refractivity contribution in [3.8, 4) is 0 Å². The summed E-state index contributed by atoms with van der Waals surface area (Å²) < 4.78 is 12.3. The topological polar surface area (TPSA) is 72.4 Å².